The van der Waals surface area contributed by atoms with E-state index in [1.54, 1.807) is 12.1 Å². The van der Waals surface area contributed by atoms with E-state index in [-0.39, 0.29) is 35.5 Å². The van der Waals surface area contributed by atoms with Gasteiger partial charge in [0.05, 0.1) is 10.6 Å². The molecule has 0 radical (unpaired) electrons. The number of hydrogen-bond donors (Lipinski definition) is 1. The zero-order valence-corrected chi connectivity index (χ0v) is 14.7. The molecule has 26 heavy (non-hydrogen) atoms. The maximum absolute atomic E-state index is 12.3. The Labute approximate surface area is 150 Å². The number of hydrogen-bond acceptors (Lipinski definition) is 5. The van der Waals surface area contributed by atoms with E-state index in [2.05, 4.69) is 5.32 Å². The molecule has 0 aliphatic carbocycles. The first kappa shape index (κ1) is 17.8. The van der Waals surface area contributed by atoms with Crippen LogP contribution in [-0.2, 0) is 19.4 Å². The molecular formula is C18H16N2O5S. The summed E-state index contributed by atoms with van der Waals surface area (Å²) in [5, 5.41) is 2.66. The number of anilines is 2. The molecule has 1 heterocycles. The number of amides is 3. The van der Waals surface area contributed by atoms with E-state index >= 15 is 0 Å². The molecule has 3 rings (SSSR count). The summed E-state index contributed by atoms with van der Waals surface area (Å²) in [6.45, 7) is 0. The number of rotatable bonds is 4. The fourth-order valence-electron chi connectivity index (χ4n) is 2.62. The number of sulfone groups is 1. The van der Waals surface area contributed by atoms with Crippen molar-refractivity contribution in [3.63, 3.8) is 0 Å². The van der Waals surface area contributed by atoms with Crippen LogP contribution in [0.3, 0.4) is 0 Å². The normalized spacial score (nSPS) is 14.6. The van der Waals surface area contributed by atoms with Crippen molar-refractivity contribution in [1.82, 2.24) is 0 Å². The van der Waals surface area contributed by atoms with Crippen LogP contribution in [0.2, 0.25) is 0 Å². The number of carbonyl (C=O) groups excluding carboxylic acids is 3. The first-order valence-electron chi connectivity index (χ1n) is 7.83. The summed E-state index contributed by atoms with van der Waals surface area (Å²) in [5.41, 5.74) is 1.24. The summed E-state index contributed by atoms with van der Waals surface area (Å²) in [7, 11) is -3.29. The summed E-state index contributed by atoms with van der Waals surface area (Å²) in [6.07, 6.45) is 1.51. The first-order valence-corrected chi connectivity index (χ1v) is 9.72. The van der Waals surface area contributed by atoms with Gasteiger partial charge in [0.2, 0.25) is 11.8 Å². The second-order valence-corrected chi connectivity index (χ2v) is 7.94. The van der Waals surface area contributed by atoms with Gasteiger partial charge in [0.1, 0.15) is 0 Å². The Morgan fingerprint density at radius 3 is 1.96 bits per heavy atom. The highest BCUT2D eigenvalue weighted by Gasteiger charge is 2.30. The Hall–Kier alpha value is -3.00. The predicted octanol–water partition coefficient (Wildman–Crippen LogP) is 2.00. The van der Waals surface area contributed by atoms with Crippen molar-refractivity contribution < 1.29 is 22.8 Å². The van der Waals surface area contributed by atoms with Crippen molar-refractivity contribution in [1.29, 1.82) is 0 Å². The molecule has 8 heteroatoms. The van der Waals surface area contributed by atoms with Gasteiger partial charge in [-0.1, -0.05) is 0 Å². The van der Waals surface area contributed by atoms with Crippen LogP contribution in [0.25, 0.3) is 0 Å². The van der Waals surface area contributed by atoms with Gasteiger partial charge in [-0.2, -0.15) is 0 Å². The van der Waals surface area contributed by atoms with Gasteiger partial charge < -0.3 is 5.32 Å². The van der Waals surface area contributed by atoms with Crippen molar-refractivity contribution in [2.75, 3.05) is 16.5 Å². The smallest absolute Gasteiger partial charge is 0.255 e. The van der Waals surface area contributed by atoms with Crippen molar-refractivity contribution in [2.45, 2.75) is 17.7 Å². The Kier molecular flexibility index (Phi) is 4.60. The summed E-state index contributed by atoms with van der Waals surface area (Å²) in [4.78, 5) is 37.0. The summed E-state index contributed by atoms with van der Waals surface area (Å²) >= 11 is 0. The average Bonchev–Trinajstić information content (AvgIpc) is 2.93. The zero-order valence-electron chi connectivity index (χ0n) is 13.9. The van der Waals surface area contributed by atoms with E-state index in [0.29, 0.717) is 16.9 Å². The third kappa shape index (κ3) is 3.65. The lowest BCUT2D eigenvalue weighted by molar-refractivity contribution is -0.121. The third-order valence-corrected chi connectivity index (χ3v) is 5.11. The second kappa shape index (κ2) is 6.72. The van der Waals surface area contributed by atoms with Crippen LogP contribution in [0.4, 0.5) is 11.4 Å². The van der Waals surface area contributed by atoms with E-state index < -0.39 is 9.84 Å². The van der Waals surface area contributed by atoms with Gasteiger partial charge >= 0.3 is 0 Å². The van der Waals surface area contributed by atoms with Crippen LogP contribution in [0.5, 0.6) is 0 Å². The molecule has 0 bridgehead atoms. The van der Waals surface area contributed by atoms with E-state index in [4.69, 9.17) is 0 Å². The van der Waals surface area contributed by atoms with Crippen molar-refractivity contribution >= 4 is 38.9 Å². The summed E-state index contributed by atoms with van der Waals surface area (Å²) in [6, 6.07) is 12.0. The van der Waals surface area contributed by atoms with Gasteiger partial charge in [0.15, 0.2) is 9.84 Å². The monoisotopic (exact) mass is 372 g/mol. The van der Waals surface area contributed by atoms with Crippen molar-refractivity contribution in [3.05, 3.63) is 54.1 Å². The average molecular weight is 372 g/mol. The highest BCUT2D eigenvalue weighted by molar-refractivity contribution is 7.90. The molecule has 134 valence electrons. The standard InChI is InChI=1S/C18H16N2O5S/c1-26(24,25)15-8-4-13(5-9-15)19-18(23)12-2-6-14(7-3-12)20-16(21)10-11-17(20)22/h2-9H,10-11H2,1H3,(H,19,23). The Balaban J connectivity index is 1.72. The van der Waals surface area contributed by atoms with Gasteiger partial charge in [-0.3, -0.25) is 19.3 Å². The first-order chi connectivity index (χ1) is 12.3. The number of imide groups is 1. The molecule has 1 fully saturated rings. The molecule has 1 aliphatic heterocycles. The van der Waals surface area contributed by atoms with E-state index in [9.17, 15) is 22.8 Å². The molecule has 2 aromatic rings. The molecular weight excluding hydrogens is 356 g/mol. The molecule has 2 aromatic carbocycles. The molecule has 0 saturated carbocycles. The van der Waals surface area contributed by atoms with E-state index in [0.717, 1.165) is 11.2 Å². The fourth-order valence-corrected chi connectivity index (χ4v) is 3.25. The van der Waals surface area contributed by atoms with Gasteiger partial charge in [-0.15, -0.1) is 0 Å². The quantitative estimate of drug-likeness (QED) is 0.827. The molecule has 3 amide bonds. The lowest BCUT2D eigenvalue weighted by atomic mass is 10.1. The van der Waals surface area contributed by atoms with E-state index in [1.165, 1.54) is 36.4 Å². The SMILES string of the molecule is CS(=O)(=O)c1ccc(NC(=O)c2ccc(N3C(=O)CCC3=O)cc2)cc1. The molecule has 0 aromatic heterocycles. The molecule has 0 spiro atoms. The molecule has 1 N–H and O–H groups in total. The summed E-state index contributed by atoms with van der Waals surface area (Å²) < 4.78 is 22.9. The summed E-state index contributed by atoms with van der Waals surface area (Å²) in [5.74, 6) is -0.890. The Morgan fingerprint density at radius 1 is 0.923 bits per heavy atom. The van der Waals surface area contributed by atoms with Crippen LogP contribution in [0.1, 0.15) is 23.2 Å². The zero-order chi connectivity index (χ0) is 18.9. The molecule has 0 atom stereocenters. The van der Waals surface area contributed by atoms with Crippen LogP contribution in [0, 0.1) is 0 Å². The molecule has 0 unspecified atom stereocenters. The van der Waals surface area contributed by atoms with Crippen LogP contribution in [0.15, 0.2) is 53.4 Å². The maximum Gasteiger partial charge on any atom is 0.255 e. The Morgan fingerprint density at radius 2 is 1.46 bits per heavy atom. The highest BCUT2D eigenvalue weighted by atomic mass is 32.2. The van der Waals surface area contributed by atoms with Crippen molar-refractivity contribution in [2.24, 2.45) is 0 Å². The topological polar surface area (TPSA) is 101 Å². The van der Waals surface area contributed by atoms with Gasteiger partial charge in [0, 0.05) is 30.3 Å². The highest BCUT2D eigenvalue weighted by Crippen LogP contribution is 2.23. The third-order valence-electron chi connectivity index (χ3n) is 3.98. The van der Waals surface area contributed by atoms with Gasteiger partial charge in [-0.05, 0) is 48.5 Å². The minimum absolute atomic E-state index is 0.166. The van der Waals surface area contributed by atoms with Crippen LogP contribution >= 0.6 is 0 Å². The minimum atomic E-state index is -3.29. The molecule has 7 nitrogen and oxygen atoms in total. The number of nitrogens with one attached hydrogen (secondary N) is 1. The van der Waals surface area contributed by atoms with E-state index in [1.807, 2.05) is 0 Å². The maximum atomic E-state index is 12.3. The van der Waals surface area contributed by atoms with Crippen molar-refractivity contribution in [3.8, 4) is 0 Å². The predicted molar refractivity (Wildman–Crippen MR) is 95.7 cm³/mol. The Bertz CT molecular complexity index is 963. The van der Waals surface area contributed by atoms with Crippen LogP contribution in [-0.4, -0.2) is 32.4 Å². The second-order valence-electron chi connectivity index (χ2n) is 5.92. The lowest BCUT2D eigenvalue weighted by Gasteiger charge is -2.14. The van der Waals surface area contributed by atoms with Gasteiger partial charge in [-0.25, -0.2) is 8.42 Å². The number of carbonyl (C=O) groups is 3. The van der Waals surface area contributed by atoms with Gasteiger partial charge in [0.25, 0.3) is 5.91 Å². The minimum Gasteiger partial charge on any atom is -0.322 e. The molecule has 1 aliphatic rings. The van der Waals surface area contributed by atoms with Crippen LogP contribution < -0.4 is 10.2 Å². The fraction of sp³-hybridized carbons (Fsp3) is 0.167. The number of benzene rings is 2. The molecule has 1 saturated heterocycles. The lowest BCUT2D eigenvalue weighted by Crippen LogP contribution is -2.28. The number of nitrogens with zero attached hydrogens (tertiary/aromatic N) is 1. The largest absolute Gasteiger partial charge is 0.322 e.